The van der Waals surface area contributed by atoms with E-state index in [1.807, 2.05) is 45.0 Å². The van der Waals surface area contributed by atoms with Gasteiger partial charge in [0.2, 0.25) is 11.8 Å². The molecule has 0 bridgehead atoms. The number of hydrogen-bond acceptors (Lipinski definition) is 7. The van der Waals surface area contributed by atoms with Gasteiger partial charge in [-0.05, 0) is 30.4 Å². The van der Waals surface area contributed by atoms with Crippen molar-refractivity contribution in [1.82, 2.24) is 20.5 Å². The van der Waals surface area contributed by atoms with Crippen molar-refractivity contribution in [3.8, 4) is 10.4 Å². The number of aromatic nitrogens is 1. The van der Waals surface area contributed by atoms with Gasteiger partial charge in [-0.15, -0.1) is 11.3 Å². The molecule has 3 amide bonds. The van der Waals surface area contributed by atoms with E-state index in [-0.39, 0.29) is 24.8 Å². The lowest BCUT2D eigenvalue weighted by Crippen LogP contribution is -2.55. The Bertz CT molecular complexity index is 973. The first-order valence-corrected chi connectivity index (χ1v) is 11.6. The SMILES string of the molecule is CC(=O)N[C@H](C(=O)N(Cc1ccc(-c2scnc2C)cc1)C(=O)[C@@H]1C[C@@H](O)CN1)C(C)C. The molecule has 1 aliphatic rings. The predicted molar refractivity (Wildman–Crippen MR) is 123 cm³/mol. The Morgan fingerprint density at radius 1 is 1.28 bits per heavy atom. The lowest BCUT2D eigenvalue weighted by Gasteiger charge is -2.30. The number of β-amino-alcohol motifs (C(OH)–C–C–N with tert-alkyl or cyclic N) is 1. The molecule has 3 N–H and O–H groups in total. The highest BCUT2D eigenvalue weighted by Crippen LogP contribution is 2.27. The maximum absolute atomic E-state index is 13.4. The van der Waals surface area contributed by atoms with Gasteiger partial charge in [-0.2, -0.15) is 0 Å². The Morgan fingerprint density at radius 2 is 1.97 bits per heavy atom. The molecule has 1 aliphatic heterocycles. The van der Waals surface area contributed by atoms with Gasteiger partial charge in [0.15, 0.2) is 0 Å². The highest BCUT2D eigenvalue weighted by Gasteiger charge is 2.37. The maximum atomic E-state index is 13.4. The van der Waals surface area contributed by atoms with Crippen LogP contribution >= 0.6 is 11.3 Å². The fourth-order valence-corrected chi connectivity index (χ4v) is 4.59. The van der Waals surface area contributed by atoms with Crippen LogP contribution in [-0.4, -0.2) is 57.4 Å². The summed E-state index contributed by atoms with van der Waals surface area (Å²) in [5.74, 6) is -1.38. The molecule has 8 nitrogen and oxygen atoms in total. The largest absolute Gasteiger partial charge is 0.392 e. The average molecular weight is 459 g/mol. The van der Waals surface area contributed by atoms with Crippen LogP contribution in [0.15, 0.2) is 29.8 Å². The van der Waals surface area contributed by atoms with Crippen LogP contribution in [0.1, 0.15) is 38.4 Å². The topological polar surface area (TPSA) is 112 Å². The Balaban J connectivity index is 1.86. The number of aliphatic hydroxyl groups is 1. The van der Waals surface area contributed by atoms with Crippen LogP contribution in [0.25, 0.3) is 10.4 Å². The quantitative estimate of drug-likeness (QED) is 0.584. The molecular formula is C23H30N4O4S. The fraction of sp³-hybridized carbons (Fsp3) is 0.478. The van der Waals surface area contributed by atoms with Crippen molar-refractivity contribution in [2.75, 3.05) is 6.54 Å². The molecule has 172 valence electrons. The molecular weight excluding hydrogens is 428 g/mol. The van der Waals surface area contributed by atoms with Crippen molar-refractivity contribution in [1.29, 1.82) is 0 Å². The van der Waals surface area contributed by atoms with Crippen LogP contribution in [0.4, 0.5) is 0 Å². The van der Waals surface area contributed by atoms with Crippen molar-refractivity contribution in [2.24, 2.45) is 5.92 Å². The lowest BCUT2D eigenvalue weighted by atomic mass is 10.0. The maximum Gasteiger partial charge on any atom is 0.252 e. The first-order chi connectivity index (χ1) is 15.2. The molecule has 9 heteroatoms. The second kappa shape index (κ2) is 10.3. The van der Waals surface area contributed by atoms with Gasteiger partial charge in [-0.25, -0.2) is 4.98 Å². The summed E-state index contributed by atoms with van der Waals surface area (Å²) in [6, 6.07) is 6.23. The first kappa shape index (κ1) is 24.0. The number of carbonyl (C=O) groups is 3. The lowest BCUT2D eigenvalue weighted by molar-refractivity contribution is -0.150. The molecule has 0 aliphatic carbocycles. The standard InChI is InChI=1S/C23H30N4O4S/c1-13(2)20(26-15(4)28)23(31)27(22(30)19-9-18(29)10-24-19)11-16-5-7-17(8-6-16)21-14(3)25-12-32-21/h5-8,12-13,18-20,24,29H,9-11H2,1-4H3,(H,26,28)/t18-,19+,20+/m1/s1. The number of nitrogens with one attached hydrogen (secondary N) is 2. The number of amides is 3. The fourth-order valence-electron chi connectivity index (χ4n) is 3.78. The monoisotopic (exact) mass is 458 g/mol. The summed E-state index contributed by atoms with van der Waals surface area (Å²) in [5.41, 5.74) is 4.57. The molecule has 2 heterocycles. The minimum absolute atomic E-state index is 0.0801. The van der Waals surface area contributed by atoms with Crippen molar-refractivity contribution >= 4 is 29.1 Å². The summed E-state index contributed by atoms with van der Waals surface area (Å²) in [6.45, 7) is 7.34. The van der Waals surface area contributed by atoms with Crippen LogP contribution in [0.5, 0.6) is 0 Å². The van der Waals surface area contributed by atoms with E-state index < -0.39 is 30.0 Å². The molecule has 0 unspecified atom stereocenters. The summed E-state index contributed by atoms with van der Waals surface area (Å²) in [7, 11) is 0. The van der Waals surface area contributed by atoms with Crippen LogP contribution in [0.2, 0.25) is 0 Å². The third-order valence-electron chi connectivity index (χ3n) is 5.53. The van der Waals surface area contributed by atoms with E-state index in [2.05, 4.69) is 15.6 Å². The number of benzene rings is 1. The van der Waals surface area contributed by atoms with Crippen molar-refractivity contribution in [2.45, 2.75) is 58.8 Å². The van der Waals surface area contributed by atoms with E-state index in [0.29, 0.717) is 6.54 Å². The smallest absolute Gasteiger partial charge is 0.252 e. The third kappa shape index (κ3) is 5.59. The van der Waals surface area contributed by atoms with E-state index in [1.165, 1.54) is 11.8 Å². The van der Waals surface area contributed by atoms with E-state index in [0.717, 1.165) is 21.7 Å². The van der Waals surface area contributed by atoms with Gasteiger partial charge in [0, 0.05) is 13.5 Å². The molecule has 3 rings (SSSR count). The molecule has 2 aromatic rings. The van der Waals surface area contributed by atoms with Crippen molar-refractivity contribution < 1.29 is 19.5 Å². The van der Waals surface area contributed by atoms with Crippen LogP contribution in [0, 0.1) is 12.8 Å². The number of thiazole rings is 1. The molecule has 3 atom stereocenters. The minimum Gasteiger partial charge on any atom is -0.392 e. The van der Waals surface area contributed by atoms with Gasteiger partial charge in [0.05, 0.1) is 34.8 Å². The molecule has 1 aromatic heterocycles. The summed E-state index contributed by atoms with van der Waals surface area (Å²) in [5, 5.41) is 15.5. The number of rotatable bonds is 7. The Labute approximate surface area is 192 Å². The van der Waals surface area contributed by atoms with Crippen LogP contribution in [0.3, 0.4) is 0 Å². The van der Waals surface area contributed by atoms with Gasteiger partial charge in [0.25, 0.3) is 5.91 Å². The summed E-state index contributed by atoms with van der Waals surface area (Å²) in [4.78, 5) is 44.9. The van der Waals surface area contributed by atoms with Gasteiger partial charge < -0.3 is 15.7 Å². The third-order valence-corrected chi connectivity index (χ3v) is 6.51. The highest BCUT2D eigenvalue weighted by atomic mass is 32.1. The van der Waals surface area contributed by atoms with E-state index in [9.17, 15) is 19.5 Å². The average Bonchev–Trinajstić information content (AvgIpc) is 3.37. The molecule has 1 fully saturated rings. The molecule has 1 saturated heterocycles. The summed E-state index contributed by atoms with van der Waals surface area (Å²) >= 11 is 1.56. The van der Waals surface area contributed by atoms with Crippen LogP contribution in [-0.2, 0) is 20.9 Å². The summed E-state index contributed by atoms with van der Waals surface area (Å²) in [6.07, 6.45) is -0.377. The molecule has 1 aromatic carbocycles. The number of aliphatic hydroxyl groups excluding tert-OH is 1. The summed E-state index contributed by atoms with van der Waals surface area (Å²) < 4.78 is 0. The van der Waals surface area contributed by atoms with Gasteiger partial charge >= 0.3 is 0 Å². The highest BCUT2D eigenvalue weighted by molar-refractivity contribution is 7.13. The number of nitrogens with zero attached hydrogens (tertiary/aromatic N) is 2. The Hall–Kier alpha value is -2.62. The molecule has 32 heavy (non-hydrogen) atoms. The van der Waals surface area contributed by atoms with Crippen molar-refractivity contribution in [3.63, 3.8) is 0 Å². The Morgan fingerprint density at radius 3 is 2.47 bits per heavy atom. The minimum atomic E-state index is -0.818. The number of aryl methyl sites for hydroxylation is 1. The molecule has 0 saturated carbocycles. The number of hydrogen-bond donors (Lipinski definition) is 3. The zero-order chi connectivity index (χ0) is 23.4. The predicted octanol–water partition coefficient (Wildman–Crippen LogP) is 1.86. The normalized spacial score (nSPS) is 19.1. The first-order valence-electron chi connectivity index (χ1n) is 10.7. The second-order valence-corrected chi connectivity index (χ2v) is 9.35. The van der Waals surface area contributed by atoms with Crippen molar-refractivity contribution in [3.05, 3.63) is 41.0 Å². The zero-order valence-corrected chi connectivity index (χ0v) is 19.6. The van der Waals surface area contributed by atoms with Gasteiger partial charge in [0.1, 0.15) is 6.04 Å². The van der Waals surface area contributed by atoms with Gasteiger partial charge in [-0.3, -0.25) is 19.3 Å². The number of imide groups is 1. The van der Waals surface area contributed by atoms with Crippen LogP contribution < -0.4 is 10.6 Å². The second-order valence-electron chi connectivity index (χ2n) is 8.50. The number of carbonyl (C=O) groups excluding carboxylic acids is 3. The Kier molecular flexibility index (Phi) is 7.76. The molecule has 0 radical (unpaired) electrons. The van der Waals surface area contributed by atoms with E-state index in [4.69, 9.17) is 0 Å². The zero-order valence-electron chi connectivity index (χ0n) is 18.8. The molecule has 0 spiro atoms. The van der Waals surface area contributed by atoms with Gasteiger partial charge in [-0.1, -0.05) is 38.1 Å². The van der Waals surface area contributed by atoms with E-state index in [1.54, 1.807) is 16.8 Å². The van der Waals surface area contributed by atoms with E-state index >= 15 is 0 Å².